The largest absolute Gasteiger partial charge is 0.423 e. The number of rotatable bonds is 0. The summed E-state index contributed by atoms with van der Waals surface area (Å²) >= 11 is 0. The highest BCUT2D eigenvalue weighted by atomic mass is 16.5. The second kappa shape index (κ2) is 3.58. The number of hydrogen-bond acceptors (Lipinski definition) is 3. The zero-order chi connectivity index (χ0) is 13.1. The van der Waals surface area contributed by atoms with Crippen LogP contribution >= 0.6 is 0 Å². The zero-order valence-electron chi connectivity index (χ0n) is 10.8. The molecule has 18 heavy (non-hydrogen) atoms. The fourth-order valence-corrected chi connectivity index (χ4v) is 3.51. The molecule has 1 heterocycles. The summed E-state index contributed by atoms with van der Waals surface area (Å²) < 4.78 is 5.25. The van der Waals surface area contributed by atoms with Gasteiger partial charge in [0.2, 0.25) is 0 Å². The topological polar surface area (TPSA) is 46.5 Å². The Kier molecular flexibility index (Phi) is 2.33. The van der Waals surface area contributed by atoms with Crippen LogP contribution in [0, 0.1) is 11.8 Å². The second-order valence-electron chi connectivity index (χ2n) is 5.84. The van der Waals surface area contributed by atoms with Gasteiger partial charge in [-0.15, -0.1) is 0 Å². The summed E-state index contributed by atoms with van der Waals surface area (Å²) in [4.78, 5) is 11.6. The molecule has 96 valence electrons. The summed E-state index contributed by atoms with van der Waals surface area (Å²) in [5.41, 5.74) is 1.90. The third kappa shape index (κ3) is 1.50. The minimum absolute atomic E-state index is 0.183. The predicted octanol–water partition coefficient (Wildman–Crippen LogP) is 2.48. The Balaban J connectivity index is 2.11. The Hall–Kier alpha value is -1.35. The first-order chi connectivity index (χ1) is 8.40. The van der Waals surface area contributed by atoms with Gasteiger partial charge in [0.25, 0.3) is 0 Å². The molecule has 0 saturated heterocycles. The maximum absolute atomic E-state index is 11.6. The summed E-state index contributed by atoms with van der Waals surface area (Å²) in [6, 6.07) is 0. The molecule has 0 aromatic heterocycles. The Morgan fingerprint density at radius 3 is 3.00 bits per heavy atom. The molecular formula is C15H18O3. The molecule has 0 bridgehead atoms. The van der Waals surface area contributed by atoms with E-state index in [4.69, 9.17) is 4.74 Å². The minimum atomic E-state index is -0.925. The van der Waals surface area contributed by atoms with Crippen LogP contribution < -0.4 is 0 Å². The first kappa shape index (κ1) is 11.7. The first-order valence-electron chi connectivity index (χ1n) is 6.45. The van der Waals surface area contributed by atoms with Gasteiger partial charge in [0.1, 0.15) is 5.76 Å². The number of fused-ring (bicyclic) bond motifs is 2. The van der Waals surface area contributed by atoms with E-state index in [0.717, 1.165) is 24.8 Å². The molecule has 1 aliphatic heterocycles. The lowest BCUT2D eigenvalue weighted by atomic mass is 9.80. The molecule has 0 amide bonds. The molecule has 1 fully saturated rings. The molecule has 3 unspecified atom stereocenters. The van der Waals surface area contributed by atoms with Crippen molar-refractivity contribution in [3.63, 3.8) is 0 Å². The zero-order valence-corrected chi connectivity index (χ0v) is 10.8. The molecular weight excluding hydrogens is 228 g/mol. The lowest BCUT2D eigenvalue weighted by Gasteiger charge is -2.30. The summed E-state index contributed by atoms with van der Waals surface area (Å²) in [7, 11) is 0. The molecule has 1 saturated carbocycles. The highest BCUT2D eigenvalue weighted by molar-refractivity contribution is 5.94. The van der Waals surface area contributed by atoms with Crippen molar-refractivity contribution in [1.29, 1.82) is 0 Å². The van der Waals surface area contributed by atoms with Crippen LogP contribution in [0.4, 0.5) is 0 Å². The van der Waals surface area contributed by atoms with Crippen molar-refractivity contribution in [1.82, 2.24) is 0 Å². The smallest absolute Gasteiger partial charge is 0.339 e. The maximum Gasteiger partial charge on any atom is 0.339 e. The Labute approximate surface area is 107 Å². The number of carbonyl (C=O) groups is 1. The van der Waals surface area contributed by atoms with Crippen molar-refractivity contribution in [3.05, 3.63) is 35.1 Å². The van der Waals surface area contributed by atoms with E-state index in [2.05, 4.69) is 6.58 Å². The standard InChI is InChI=1S/C15H18O3/c1-8-4-5-12-10(8)6-11-9(2)14(16)18-13(11)7-15(12,3)17/h7,10,12,17H,1,4-6H2,2-3H3. The summed E-state index contributed by atoms with van der Waals surface area (Å²) in [5, 5.41) is 10.6. The summed E-state index contributed by atoms with van der Waals surface area (Å²) in [6.45, 7) is 7.72. The van der Waals surface area contributed by atoms with Gasteiger partial charge in [0.05, 0.1) is 5.60 Å². The minimum Gasteiger partial charge on any atom is -0.423 e. The van der Waals surface area contributed by atoms with Crippen molar-refractivity contribution >= 4 is 5.97 Å². The van der Waals surface area contributed by atoms with Gasteiger partial charge in [0, 0.05) is 11.1 Å². The van der Waals surface area contributed by atoms with Crippen molar-refractivity contribution in [3.8, 4) is 0 Å². The Bertz CT molecular complexity index is 508. The van der Waals surface area contributed by atoms with E-state index in [1.165, 1.54) is 5.57 Å². The van der Waals surface area contributed by atoms with Crippen molar-refractivity contribution < 1.29 is 14.6 Å². The van der Waals surface area contributed by atoms with E-state index < -0.39 is 5.60 Å². The number of aliphatic hydroxyl groups is 1. The van der Waals surface area contributed by atoms with Crippen LogP contribution in [0.5, 0.6) is 0 Å². The van der Waals surface area contributed by atoms with Gasteiger partial charge < -0.3 is 9.84 Å². The predicted molar refractivity (Wildman–Crippen MR) is 67.5 cm³/mol. The third-order valence-electron chi connectivity index (χ3n) is 4.64. The normalized spacial score (nSPS) is 39.2. The molecule has 3 heteroatoms. The molecule has 3 aliphatic rings. The third-order valence-corrected chi connectivity index (χ3v) is 4.64. The summed E-state index contributed by atoms with van der Waals surface area (Å²) in [6.07, 6.45) is 4.42. The fraction of sp³-hybridized carbons (Fsp3) is 0.533. The molecule has 0 spiro atoms. The van der Waals surface area contributed by atoms with Crippen LogP contribution in [-0.4, -0.2) is 16.7 Å². The van der Waals surface area contributed by atoms with E-state index >= 15 is 0 Å². The number of esters is 1. The molecule has 3 rings (SSSR count). The second-order valence-corrected chi connectivity index (χ2v) is 5.84. The fourth-order valence-electron chi connectivity index (χ4n) is 3.51. The molecule has 0 radical (unpaired) electrons. The number of hydrogen-bond donors (Lipinski definition) is 1. The first-order valence-corrected chi connectivity index (χ1v) is 6.45. The van der Waals surface area contributed by atoms with E-state index in [1.54, 1.807) is 19.9 Å². The van der Waals surface area contributed by atoms with Crippen molar-refractivity contribution in [2.45, 2.75) is 38.7 Å². The Morgan fingerprint density at radius 2 is 2.28 bits per heavy atom. The highest BCUT2D eigenvalue weighted by Gasteiger charge is 2.46. The van der Waals surface area contributed by atoms with Crippen LogP contribution in [0.2, 0.25) is 0 Å². The molecule has 1 N–H and O–H groups in total. The lowest BCUT2D eigenvalue weighted by Crippen LogP contribution is -2.34. The van der Waals surface area contributed by atoms with E-state index in [1.807, 2.05) is 0 Å². The number of ether oxygens (including phenoxy) is 1. The summed E-state index contributed by atoms with van der Waals surface area (Å²) in [5.74, 6) is 0.717. The van der Waals surface area contributed by atoms with Gasteiger partial charge in [-0.25, -0.2) is 4.79 Å². The van der Waals surface area contributed by atoms with Crippen LogP contribution in [0.3, 0.4) is 0 Å². The quantitative estimate of drug-likeness (QED) is 0.527. The number of carbonyl (C=O) groups excluding carboxylic acids is 1. The molecule has 2 aliphatic carbocycles. The lowest BCUT2D eigenvalue weighted by molar-refractivity contribution is -0.133. The van der Waals surface area contributed by atoms with Gasteiger partial charge in [-0.05, 0) is 51.0 Å². The van der Waals surface area contributed by atoms with E-state index in [0.29, 0.717) is 11.3 Å². The SMILES string of the molecule is C=C1CCC2C1CC1=C(C)C(=O)OC1=CC2(C)O. The molecule has 0 aromatic carbocycles. The monoisotopic (exact) mass is 246 g/mol. The van der Waals surface area contributed by atoms with Crippen molar-refractivity contribution in [2.24, 2.45) is 11.8 Å². The average molecular weight is 246 g/mol. The van der Waals surface area contributed by atoms with Crippen LogP contribution in [-0.2, 0) is 9.53 Å². The molecule has 3 atom stereocenters. The molecule has 3 nitrogen and oxygen atoms in total. The van der Waals surface area contributed by atoms with Crippen molar-refractivity contribution in [2.75, 3.05) is 0 Å². The highest BCUT2D eigenvalue weighted by Crippen LogP contribution is 2.50. The number of allylic oxidation sites excluding steroid dienone is 2. The van der Waals surface area contributed by atoms with Gasteiger partial charge >= 0.3 is 5.97 Å². The van der Waals surface area contributed by atoms with Gasteiger partial charge in [0.15, 0.2) is 0 Å². The molecule has 0 aromatic rings. The van der Waals surface area contributed by atoms with Crippen LogP contribution in [0.1, 0.15) is 33.1 Å². The van der Waals surface area contributed by atoms with Gasteiger partial charge in [-0.3, -0.25) is 0 Å². The van der Waals surface area contributed by atoms with Gasteiger partial charge in [-0.1, -0.05) is 12.2 Å². The Morgan fingerprint density at radius 1 is 1.56 bits per heavy atom. The van der Waals surface area contributed by atoms with Crippen LogP contribution in [0.15, 0.2) is 35.1 Å². The van der Waals surface area contributed by atoms with Crippen LogP contribution in [0.25, 0.3) is 0 Å². The average Bonchev–Trinajstić information content (AvgIpc) is 2.72. The van der Waals surface area contributed by atoms with Gasteiger partial charge in [-0.2, -0.15) is 0 Å². The maximum atomic E-state index is 11.6. The van der Waals surface area contributed by atoms with E-state index in [-0.39, 0.29) is 17.8 Å². The van der Waals surface area contributed by atoms with E-state index in [9.17, 15) is 9.90 Å².